The summed E-state index contributed by atoms with van der Waals surface area (Å²) in [7, 11) is 0. The first-order valence-corrected chi connectivity index (χ1v) is 8.45. The summed E-state index contributed by atoms with van der Waals surface area (Å²) in [5.41, 5.74) is 2.74. The minimum absolute atomic E-state index is 0.148. The molecule has 1 atom stereocenters. The second-order valence-electron chi connectivity index (χ2n) is 6.25. The molecule has 0 fully saturated rings. The zero-order valence-electron chi connectivity index (χ0n) is 14.1. The number of amides is 2. The number of carbonyl (C=O) groups excluding carboxylic acids is 2. The lowest BCUT2D eigenvalue weighted by Crippen LogP contribution is -2.50. The average Bonchev–Trinajstić information content (AvgIpc) is 3.20. The SMILES string of the molecule is O=C(Nc1ccn[nH]1)[C@@H]1Cc2ccccc2CN1C(=O)c1ccccc1. The predicted molar refractivity (Wildman–Crippen MR) is 97.5 cm³/mol. The summed E-state index contributed by atoms with van der Waals surface area (Å²) in [6, 6.07) is 18.1. The molecule has 130 valence electrons. The fourth-order valence-corrected chi connectivity index (χ4v) is 3.26. The number of aromatic nitrogens is 2. The molecule has 1 aromatic heterocycles. The van der Waals surface area contributed by atoms with Crippen LogP contribution in [0.1, 0.15) is 21.5 Å². The highest BCUT2D eigenvalue weighted by molar-refractivity contribution is 6.01. The largest absolute Gasteiger partial charge is 0.322 e. The third kappa shape index (κ3) is 3.09. The van der Waals surface area contributed by atoms with Crippen molar-refractivity contribution in [2.45, 2.75) is 19.0 Å². The fourth-order valence-electron chi connectivity index (χ4n) is 3.26. The van der Waals surface area contributed by atoms with Crippen molar-refractivity contribution >= 4 is 17.6 Å². The van der Waals surface area contributed by atoms with Crippen molar-refractivity contribution in [2.24, 2.45) is 0 Å². The number of aromatic amines is 1. The number of hydrogen-bond acceptors (Lipinski definition) is 3. The smallest absolute Gasteiger partial charge is 0.254 e. The summed E-state index contributed by atoms with van der Waals surface area (Å²) in [5, 5.41) is 9.36. The van der Waals surface area contributed by atoms with Gasteiger partial charge in [0.1, 0.15) is 11.9 Å². The van der Waals surface area contributed by atoms with E-state index >= 15 is 0 Å². The molecule has 0 radical (unpaired) electrons. The van der Waals surface area contributed by atoms with Crippen LogP contribution < -0.4 is 5.32 Å². The van der Waals surface area contributed by atoms with Gasteiger partial charge in [0.15, 0.2) is 0 Å². The molecule has 2 aromatic carbocycles. The van der Waals surface area contributed by atoms with Crippen LogP contribution in [0.2, 0.25) is 0 Å². The van der Waals surface area contributed by atoms with E-state index in [9.17, 15) is 9.59 Å². The van der Waals surface area contributed by atoms with Crippen LogP contribution in [0.5, 0.6) is 0 Å². The maximum atomic E-state index is 13.1. The van der Waals surface area contributed by atoms with Gasteiger partial charge < -0.3 is 10.2 Å². The summed E-state index contributed by atoms with van der Waals surface area (Å²) in [6.45, 7) is 0.408. The van der Waals surface area contributed by atoms with Crippen molar-refractivity contribution in [3.05, 3.63) is 83.6 Å². The number of hydrogen-bond donors (Lipinski definition) is 2. The molecule has 6 heteroatoms. The van der Waals surface area contributed by atoms with Crippen LogP contribution in [0, 0.1) is 0 Å². The van der Waals surface area contributed by atoms with Crippen molar-refractivity contribution in [3.63, 3.8) is 0 Å². The van der Waals surface area contributed by atoms with Gasteiger partial charge in [0.2, 0.25) is 5.91 Å². The summed E-state index contributed by atoms with van der Waals surface area (Å²) in [5.74, 6) is 0.138. The van der Waals surface area contributed by atoms with E-state index in [1.165, 1.54) is 0 Å². The molecule has 6 nitrogen and oxygen atoms in total. The normalized spacial score (nSPS) is 16.0. The van der Waals surface area contributed by atoms with Gasteiger partial charge in [-0.2, -0.15) is 5.10 Å². The van der Waals surface area contributed by atoms with E-state index in [1.807, 2.05) is 42.5 Å². The van der Waals surface area contributed by atoms with E-state index in [1.54, 1.807) is 29.3 Å². The van der Waals surface area contributed by atoms with Gasteiger partial charge in [-0.1, -0.05) is 42.5 Å². The number of fused-ring (bicyclic) bond motifs is 1. The van der Waals surface area contributed by atoms with Crippen LogP contribution in [-0.2, 0) is 17.8 Å². The highest BCUT2D eigenvalue weighted by Gasteiger charge is 2.35. The van der Waals surface area contributed by atoms with E-state index in [-0.39, 0.29) is 11.8 Å². The Morgan fingerprint density at radius 3 is 2.46 bits per heavy atom. The van der Waals surface area contributed by atoms with Crippen LogP contribution in [-0.4, -0.2) is 33.0 Å². The van der Waals surface area contributed by atoms with Gasteiger partial charge in [-0.15, -0.1) is 0 Å². The van der Waals surface area contributed by atoms with Gasteiger partial charge in [0.05, 0.1) is 6.20 Å². The van der Waals surface area contributed by atoms with Crippen molar-refractivity contribution < 1.29 is 9.59 Å². The average molecular weight is 346 g/mol. The predicted octanol–water partition coefficient (Wildman–Crippen LogP) is 2.62. The Kier molecular flexibility index (Phi) is 4.23. The lowest BCUT2D eigenvalue weighted by Gasteiger charge is -2.36. The topological polar surface area (TPSA) is 78.1 Å². The Bertz CT molecular complexity index is 922. The molecule has 26 heavy (non-hydrogen) atoms. The number of rotatable bonds is 3. The van der Waals surface area contributed by atoms with Crippen LogP contribution in [0.3, 0.4) is 0 Å². The van der Waals surface area contributed by atoms with E-state index in [4.69, 9.17) is 0 Å². The molecule has 1 aliphatic heterocycles. The third-order valence-corrected chi connectivity index (χ3v) is 4.59. The standard InChI is InChI=1S/C20H18N4O2/c25-19(22-18-10-11-21-23-18)17-12-15-8-4-5-9-16(15)13-24(17)20(26)14-6-2-1-3-7-14/h1-11,17H,12-13H2,(H2,21,22,23,25)/t17-/m0/s1. The number of anilines is 1. The number of H-pyrrole nitrogens is 1. The first-order valence-electron chi connectivity index (χ1n) is 8.45. The van der Waals surface area contributed by atoms with E-state index in [2.05, 4.69) is 15.5 Å². The zero-order valence-corrected chi connectivity index (χ0v) is 14.1. The maximum Gasteiger partial charge on any atom is 0.254 e. The number of carbonyl (C=O) groups is 2. The summed E-state index contributed by atoms with van der Waals surface area (Å²) in [6.07, 6.45) is 2.05. The minimum atomic E-state index is -0.582. The molecular weight excluding hydrogens is 328 g/mol. The molecule has 0 spiro atoms. The fraction of sp³-hybridized carbons (Fsp3) is 0.150. The second kappa shape index (κ2) is 6.84. The lowest BCUT2D eigenvalue weighted by atomic mass is 9.92. The Labute approximate surface area is 150 Å². The third-order valence-electron chi connectivity index (χ3n) is 4.59. The molecule has 4 rings (SSSR count). The molecule has 0 aliphatic carbocycles. The van der Waals surface area contributed by atoms with E-state index < -0.39 is 6.04 Å². The number of nitrogens with zero attached hydrogens (tertiary/aromatic N) is 2. The lowest BCUT2D eigenvalue weighted by molar-refractivity contribution is -0.121. The molecule has 3 aromatic rings. The first-order chi connectivity index (χ1) is 12.7. The van der Waals surface area contributed by atoms with Crippen LogP contribution in [0.25, 0.3) is 0 Å². The monoisotopic (exact) mass is 346 g/mol. The van der Waals surface area contributed by atoms with Gasteiger partial charge >= 0.3 is 0 Å². The van der Waals surface area contributed by atoms with Crippen molar-refractivity contribution in [1.82, 2.24) is 15.1 Å². The molecule has 0 unspecified atom stereocenters. The van der Waals surface area contributed by atoms with Gasteiger partial charge in [-0.3, -0.25) is 14.7 Å². The Balaban J connectivity index is 1.66. The zero-order chi connectivity index (χ0) is 17.9. The van der Waals surface area contributed by atoms with Crippen molar-refractivity contribution in [3.8, 4) is 0 Å². The Morgan fingerprint density at radius 2 is 1.73 bits per heavy atom. The number of benzene rings is 2. The molecule has 2 N–H and O–H groups in total. The van der Waals surface area contributed by atoms with Gasteiger partial charge in [0.25, 0.3) is 5.91 Å². The van der Waals surface area contributed by atoms with Crippen LogP contribution in [0.4, 0.5) is 5.82 Å². The van der Waals surface area contributed by atoms with Gasteiger partial charge in [-0.25, -0.2) is 0 Å². The van der Waals surface area contributed by atoms with Gasteiger partial charge in [-0.05, 0) is 23.3 Å². The van der Waals surface area contributed by atoms with Crippen LogP contribution >= 0.6 is 0 Å². The molecular formula is C20H18N4O2. The Hall–Kier alpha value is -3.41. The summed E-state index contributed by atoms with van der Waals surface area (Å²) >= 11 is 0. The maximum absolute atomic E-state index is 13.1. The highest BCUT2D eigenvalue weighted by Crippen LogP contribution is 2.25. The van der Waals surface area contributed by atoms with E-state index in [0.29, 0.717) is 24.3 Å². The molecule has 1 aliphatic rings. The van der Waals surface area contributed by atoms with Crippen molar-refractivity contribution in [2.75, 3.05) is 5.32 Å². The molecule has 0 saturated carbocycles. The van der Waals surface area contributed by atoms with Gasteiger partial charge in [0, 0.05) is 24.6 Å². The molecule has 2 amide bonds. The summed E-state index contributed by atoms with van der Waals surface area (Å²) < 4.78 is 0. The number of nitrogens with one attached hydrogen (secondary N) is 2. The first kappa shape index (κ1) is 16.1. The summed E-state index contributed by atoms with van der Waals surface area (Å²) in [4.78, 5) is 27.6. The van der Waals surface area contributed by atoms with Crippen LogP contribution in [0.15, 0.2) is 66.9 Å². The minimum Gasteiger partial charge on any atom is -0.322 e. The quantitative estimate of drug-likeness (QED) is 0.765. The second-order valence-corrected chi connectivity index (χ2v) is 6.25. The van der Waals surface area contributed by atoms with Crippen molar-refractivity contribution in [1.29, 1.82) is 0 Å². The molecule has 0 saturated heterocycles. The molecule has 0 bridgehead atoms. The van der Waals surface area contributed by atoms with E-state index in [0.717, 1.165) is 11.1 Å². The molecule has 2 heterocycles. The Morgan fingerprint density at radius 1 is 1.00 bits per heavy atom. The highest BCUT2D eigenvalue weighted by atomic mass is 16.2.